The predicted octanol–water partition coefficient (Wildman–Crippen LogP) is -1.19. The molecule has 0 aliphatic carbocycles. The second-order valence-corrected chi connectivity index (χ2v) is 18.4. The van der Waals surface area contributed by atoms with E-state index in [1.165, 1.54) is 13.1 Å². The Morgan fingerprint density at radius 2 is 0.721 bits per heavy atom. The SMILES string of the molecule is CCCCCCC(=O)N[C@H](CCC(=O)N=CCOCCOCC(=O)NCCOCCOCC(=O)NCCOCCOCC(=O)N[C@@H](CCC(=O)NCCOCCOCCOCCOCCOCCOCCOCCOCCC(C)=O)C(=O)O)C(=O)O. The zero-order valence-electron chi connectivity index (χ0n) is 50.5. The lowest BCUT2D eigenvalue weighted by Gasteiger charge is -2.14. The van der Waals surface area contributed by atoms with Gasteiger partial charge in [0.2, 0.25) is 35.4 Å². The lowest BCUT2D eigenvalue weighted by atomic mass is 10.1. The molecule has 0 fully saturated rings. The van der Waals surface area contributed by atoms with Gasteiger partial charge in [-0.2, -0.15) is 0 Å². The molecule has 0 aromatic rings. The fourth-order valence-corrected chi connectivity index (χ4v) is 6.50. The summed E-state index contributed by atoms with van der Waals surface area (Å²) < 4.78 is 75.1. The van der Waals surface area contributed by atoms with E-state index < -0.39 is 48.4 Å². The summed E-state index contributed by atoms with van der Waals surface area (Å²) in [5.41, 5.74) is 0. The molecule has 0 aromatic carbocycles. The Morgan fingerprint density at radius 3 is 1.13 bits per heavy atom. The van der Waals surface area contributed by atoms with Crippen LogP contribution in [0.5, 0.6) is 0 Å². The van der Waals surface area contributed by atoms with Gasteiger partial charge in [0.05, 0.1) is 165 Å². The molecule has 0 spiro atoms. The summed E-state index contributed by atoms with van der Waals surface area (Å²) in [6.07, 6.45) is 4.92. The largest absolute Gasteiger partial charge is 0.480 e. The highest BCUT2D eigenvalue weighted by atomic mass is 16.6. The van der Waals surface area contributed by atoms with Crippen molar-refractivity contribution in [2.24, 2.45) is 4.99 Å². The number of carbonyl (C=O) groups excluding carboxylic acids is 7. The van der Waals surface area contributed by atoms with Crippen molar-refractivity contribution in [3.8, 4) is 0 Å². The molecule has 31 heteroatoms. The minimum absolute atomic E-state index is 0.00245. The van der Waals surface area contributed by atoms with Gasteiger partial charge < -0.3 is 103 Å². The maximum Gasteiger partial charge on any atom is 0.326 e. The van der Waals surface area contributed by atoms with Gasteiger partial charge in [-0.1, -0.05) is 26.2 Å². The molecule has 6 amide bonds. The van der Waals surface area contributed by atoms with Crippen LogP contribution in [0, 0.1) is 0 Å². The van der Waals surface area contributed by atoms with Crippen molar-refractivity contribution in [3.05, 3.63) is 0 Å². The van der Waals surface area contributed by atoms with Crippen molar-refractivity contribution in [2.45, 2.75) is 90.1 Å². The van der Waals surface area contributed by atoms with Crippen LogP contribution in [-0.2, 0) is 109 Å². The molecule has 0 saturated heterocycles. The quantitative estimate of drug-likeness (QED) is 0.0278. The average molecular weight is 1240 g/mol. The van der Waals surface area contributed by atoms with Gasteiger partial charge >= 0.3 is 11.9 Å². The van der Waals surface area contributed by atoms with Gasteiger partial charge in [-0.3, -0.25) is 33.6 Å². The first-order valence-corrected chi connectivity index (χ1v) is 29.2. The number of hydrogen-bond donors (Lipinski definition) is 7. The number of carboxylic acid groups (broad SMARTS) is 2. The lowest BCUT2D eigenvalue weighted by Crippen LogP contribution is -2.43. The number of ketones is 1. The first kappa shape index (κ1) is 80.7. The Kier molecular flexibility index (Phi) is 57.6. The molecular formula is C55H98N6O25. The van der Waals surface area contributed by atoms with Crippen molar-refractivity contribution in [1.82, 2.24) is 26.6 Å². The highest BCUT2D eigenvalue weighted by molar-refractivity contribution is 5.87. The van der Waals surface area contributed by atoms with Gasteiger partial charge in [-0.15, -0.1) is 0 Å². The van der Waals surface area contributed by atoms with E-state index in [0.717, 1.165) is 19.3 Å². The fraction of sp³-hybridized carbons (Fsp3) is 0.818. The summed E-state index contributed by atoms with van der Waals surface area (Å²) in [6.45, 7) is 10.7. The van der Waals surface area contributed by atoms with E-state index >= 15 is 0 Å². The minimum atomic E-state index is -1.30. The molecule has 498 valence electrons. The molecule has 0 heterocycles. The Bertz CT molecular complexity index is 1800. The van der Waals surface area contributed by atoms with E-state index in [1.54, 1.807) is 0 Å². The maximum absolute atomic E-state index is 12.3. The van der Waals surface area contributed by atoms with Crippen molar-refractivity contribution in [2.75, 3.05) is 205 Å². The fourth-order valence-electron chi connectivity index (χ4n) is 6.50. The minimum Gasteiger partial charge on any atom is -0.480 e. The first-order chi connectivity index (χ1) is 41.7. The Labute approximate surface area is 504 Å². The molecule has 0 aliphatic rings. The molecule has 31 nitrogen and oxygen atoms in total. The molecule has 86 heavy (non-hydrogen) atoms. The van der Waals surface area contributed by atoms with Crippen molar-refractivity contribution in [1.29, 1.82) is 0 Å². The smallest absolute Gasteiger partial charge is 0.326 e. The molecule has 0 unspecified atom stereocenters. The van der Waals surface area contributed by atoms with Gasteiger partial charge in [0, 0.05) is 51.5 Å². The number of Topliss-reactive ketones (excluding diaryl/α,β-unsaturated/α-hetero) is 1. The number of aliphatic imine (C=N–C) groups is 1. The number of amides is 6. The summed E-state index contributed by atoms with van der Waals surface area (Å²) >= 11 is 0. The van der Waals surface area contributed by atoms with Gasteiger partial charge in [0.25, 0.3) is 0 Å². The topological polar surface area (TPSA) is 396 Å². The van der Waals surface area contributed by atoms with E-state index in [1.807, 2.05) is 6.92 Å². The molecule has 0 bridgehead atoms. The number of ether oxygens (including phenoxy) is 14. The predicted molar refractivity (Wildman–Crippen MR) is 306 cm³/mol. The van der Waals surface area contributed by atoms with Gasteiger partial charge in [0.1, 0.15) is 37.7 Å². The second kappa shape index (κ2) is 61.4. The van der Waals surface area contributed by atoms with Crippen molar-refractivity contribution < 1.29 is 120 Å². The van der Waals surface area contributed by atoms with Crippen LogP contribution >= 0.6 is 0 Å². The maximum atomic E-state index is 12.3. The summed E-state index contributed by atoms with van der Waals surface area (Å²) in [6, 6.07) is -2.48. The van der Waals surface area contributed by atoms with Gasteiger partial charge in [-0.05, 0) is 26.2 Å². The average Bonchev–Trinajstić information content (AvgIpc) is 3.51. The Balaban J connectivity index is 3.65. The molecule has 2 atom stereocenters. The normalized spacial score (nSPS) is 12.0. The van der Waals surface area contributed by atoms with Crippen LogP contribution < -0.4 is 26.6 Å². The van der Waals surface area contributed by atoms with E-state index in [0.29, 0.717) is 112 Å². The van der Waals surface area contributed by atoms with Crippen LogP contribution in [0.25, 0.3) is 0 Å². The number of hydrogen-bond acceptors (Lipinski definition) is 23. The monoisotopic (exact) mass is 1240 g/mol. The van der Waals surface area contributed by atoms with Crippen LogP contribution in [0.3, 0.4) is 0 Å². The molecule has 0 radical (unpaired) electrons. The van der Waals surface area contributed by atoms with Gasteiger partial charge in [-0.25, -0.2) is 14.6 Å². The van der Waals surface area contributed by atoms with Crippen LogP contribution in [-0.4, -0.2) is 286 Å². The third kappa shape index (κ3) is 59.1. The molecule has 0 aromatic heterocycles. The number of nitrogens with zero attached hydrogens (tertiary/aromatic N) is 1. The summed E-state index contributed by atoms with van der Waals surface area (Å²) in [5.74, 6) is -5.18. The molecular weight excluding hydrogens is 1140 g/mol. The number of carboxylic acids is 2. The van der Waals surface area contributed by atoms with Crippen LogP contribution in [0.1, 0.15) is 78.1 Å². The summed E-state index contributed by atoms with van der Waals surface area (Å²) in [7, 11) is 0. The molecule has 0 saturated carbocycles. The number of aliphatic carboxylic acids is 2. The third-order valence-electron chi connectivity index (χ3n) is 11.0. The number of nitrogens with one attached hydrogen (secondary N) is 5. The van der Waals surface area contributed by atoms with E-state index in [4.69, 9.17) is 66.3 Å². The highest BCUT2D eigenvalue weighted by Gasteiger charge is 2.22. The van der Waals surface area contributed by atoms with E-state index in [2.05, 4.69) is 31.6 Å². The summed E-state index contributed by atoms with van der Waals surface area (Å²) in [5, 5.41) is 31.5. The van der Waals surface area contributed by atoms with Crippen LogP contribution in [0.15, 0.2) is 4.99 Å². The third-order valence-corrected chi connectivity index (χ3v) is 11.0. The second-order valence-electron chi connectivity index (χ2n) is 18.4. The molecule has 0 aliphatic heterocycles. The van der Waals surface area contributed by atoms with Crippen LogP contribution in [0.4, 0.5) is 0 Å². The van der Waals surface area contributed by atoms with Crippen LogP contribution in [0.2, 0.25) is 0 Å². The van der Waals surface area contributed by atoms with E-state index in [9.17, 15) is 53.4 Å². The zero-order chi connectivity index (χ0) is 63.2. The number of rotatable bonds is 65. The number of unbranched alkanes of at least 4 members (excludes halogenated alkanes) is 3. The van der Waals surface area contributed by atoms with Crippen molar-refractivity contribution in [3.63, 3.8) is 0 Å². The van der Waals surface area contributed by atoms with E-state index in [-0.39, 0.29) is 155 Å². The lowest BCUT2D eigenvalue weighted by molar-refractivity contribution is -0.143. The standard InChI is InChI=1S/C55H98N6O25/c1-3-4-5-6-7-50(65)60-46(54(69)70)8-10-48(63)57-14-19-75-36-39-84-42-51(66)58-15-20-76-37-40-85-43-52(67)59-16-21-77-38-41-86-44-53(68)61-47(55(71)72)9-11-49(64)56-13-18-74-23-25-79-27-29-81-31-33-83-35-34-82-32-30-80-28-26-78-24-22-73-17-12-45(2)62/h14,46-47H,3-13,15-44H2,1-2H3,(H,56,64)(H,58,66)(H,59,67)(H,60,65)(H,61,68)(H,69,70)(H,71,72)/t46-,47+/m1/s1. The zero-order valence-corrected chi connectivity index (χ0v) is 50.5. The molecule has 7 N–H and O–H groups in total. The Hall–Kier alpha value is -5.26. The molecule has 0 rings (SSSR count). The Morgan fingerprint density at radius 1 is 0.372 bits per heavy atom. The highest BCUT2D eigenvalue weighted by Crippen LogP contribution is 2.05. The van der Waals surface area contributed by atoms with Gasteiger partial charge in [0.15, 0.2) is 0 Å². The van der Waals surface area contributed by atoms with Crippen molar-refractivity contribution >= 4 is 59.4 Å². The number of carbonyl (C=O) groups is 9. The summed E-state index contributed by atoms with van der Waals surface area (Å²) in [4.78, 5) is 110. The first-order valence-electron chi connectivity index (χ1n) is 29.2.